The summed E-state index contributed by atoms with van der Waals surface area (Å²) in [5, 5.41) is 4.76. The zero-order valence-electron chi connectivity index (χ0n) is 27.6. The van der Waals surface area contributed by atoms with Gasteiger partial charge < -0.3 is 4.74 Å². The second-order valence-electron chi connectivity index (χ2n) is 13.0. The Labute approximate surface area is 296 Å². The van der Waals surface area contributed by atoms with E-state index in [1.165, 1.54) is 38.4 Å². The third kappa shape index (κ3) is 5.15. The number of rotatable bonds is 5. The molecule has 0 spiro atoms. The van der Waals surface area contributed by atoms with E-state index in [1.54, 1.807) is 0 Å². The summed E-state index contributed by atoms with van der Waals surface area (Å²) in [5.41, 5.74) is 11.7. The van der Waals surface area contributed by atoms with Crippen LogP contribution in [0.25, 0.3) is 88.8 Å². The van der Waals surface area contributed by atoms with E-state index in [2.05, 4.69) is 158 Å². The molecule has 0 N–H and O–H groups in total. The summed E-state index contributed by atoms with van der Waals surface area (Å²) in [4.78, 5) is 10.2. The molecule has 8 aromatic carbocycles. The minimum absolute atomic E-state index is 0.691. The van der Waals surface area contributed by atoms with Crippen LogP contribution in [0.3, 0.4) is 0 Å². The lowest BCUT2D eigenvalue weighted by Crippen LogP contribution is -1.99. The van der Waals surface area contributed by atoms with Crippen molar-refractivity contribution in [2.24, 2.45) is 0 Å². The molecule has 0 radical (unpaired) electrons. The summed E-state index contributed by atoms with van der Waals surface area (Å²) >= 11 is 0. The van der Waals surface area contributed by atoms with Crippen molar-refractivity contribution in [3.63, 3.8) is 0 Å². The topological polar surface area (TPSA) is 35.0 Å². The smallest absolute Gasteiger partial charge is 0.160 e. The van der Waals surface area contributed by atoms with Crippen molar-refractivity contribution in [2.45, 2.75) is 0 Å². The Balaban J connectivity index is 1.10. The van der Waals surface area contributed by atoms with Gasteiger partial charge in [-0.2, -0.15) is 0 Å². The Hall–Kier alpha value is -6.84. The lowest BCUT2D eigenvalue weighted by molar-refractivity contribution is 0.487. The van der Waals surface area contributed by atoms with Crippen LogP contribution in [-0.4, -0.2) is 9.97 Å². The summed E-state index contributed by atoms with van der Waals surface area (Å²) in [6, 6.07) is 63.8. The first-order valence-corrected chi connectivity index (χ1v) is 17.2. The Kier molecular flexibility index (Phi) is 6.81. The number of aromatic nitrogens is 2. The second-order valence-corrected chi connectivity index (χ2v) is 13.0. The van der Waals surface area contributed by atoms with Gasteiger partial charge in [0.1, 0.15) is 11.5 Å². The predicted molar refractivity (Wildman–Crippen MR) is 210 cm³/mol. The van der Waals surface area contributed by atoms with Crippen LogP contribution in [0.5, 0.6) is 11.5 Å². The molecule has 9 aromatic rings. The van der Waals surface area contributed by atoms with Gasteiger partial charge in [-0.3, -0.25) is 0 Å². The van der Waals surface area contributed by atoms with Gasteiger partial charge in [0.05, 0.1) is 11.4 Å². The molecule has 0 saturated carbocycles. The quantitative estimate of drug-likeness (QED) is 0.186. The van der Waals surface area contributed by atoms with Crippen LogP contribution < -0.4 is 4.74 Å². The molecule has 0 atom stereocenters. The number of benzene rings is 8. The maximum atomic E-state index is 6.60. The highest BCUT2D eigenvalue weighted by atomic mass is 16.5. The van der Waals surface area contributed by atoms with Gasteiger partial charge in [-0.25, -0.2) is 9.97 Å². The van der Waals surface area contributed by atoms with E-state index in [0.717, 1.165) is 56.1 Å². The summed E-state index contributed by atoms with van der Waals surface area (Å²) in [7, 11) is 0. The molecule has 1 aliphatic heterocycles. The van der Waals surface area contributed by atoms with Gasteiger partial charge >= 0.3 is 0 Å². The zero-order valence-corrected chi connectivity index (χ0v) is 27.6. The molecule has 2 heterocycles. The fraction of sp³-hybridized carbons (Fsp3) is 0. The fourth-order valence-corrected chi connectivity index (χ4v) is 7.32. The number of ether oxygens (including phenoxy) is 1. The van der Waals surface area contributed by atoms with E-state index < -0.39 is 0 Å². The first kappa shape index (κ1) is 29.1. The van der Waals surface area contributed by atoms with Crippen molar-refractivity contribution in [1.82, 2.24) is 9.97 Å². The Bertz CT molecular complexity index is 2750. The fourth-order valence-electron chi connectivity index (χ4n) is 7.32. The average molecular weight is 651 g/mol. The molecule has 1 aliphatic rings. The summed E-state index contributed by atoms with van der Waals surface area (Å²) in [5.74, 6) is 2.41. The molecule has 0 aliphatic carbocycles. The average Bonchev–Trinajstić information content (AvgIpc) is 3.21. The maximum absolute atomic E-state index is 6.60. The molecule has 1 aromatic heterocycles. The molecular formula is C48H30N2O. The van der Waals surface area contributed by atoms with E-state index in [0.29, 0.717) is 5.82 Å². The minimum Gasteiger partial charge on any atom is -0.456 e. The van der Waals surface area contributed by atoms with Crippen molar-refractivity contribution in [1.29, 1.82) is 0 Å². The number of hydrogen-bond acceptors (Lipinski definition) is 3. The molecule has 0 fully saturated rings. The first-order valence-electron chi connectivity index (χ1n) is 17.2. The maximum Gasteiger partial charge on any atom is 0.160 e. The second kappa shape index (κ2) is 11.9. The van der Waals surface area contributed by atoms with Gasteiger partial charge in [0.25, 0.3) is 0 Å². The molecule has 238 valence electrons. The largest absolute Gasteiger partial charge is 0.456 e. The molecule has 10 rings (SSSR count). The predicted octanol–water partition coefficient (Wildman–Crippen LogP) is 12.9. The van der Waals surface area contributed by atoms with Crippen molar-refractivity contribution in [3.8, 4) is 78.8 Å². The number of fused-ring (bicyclic) bond motifs is 3. The van der Waals surface area contributed by atoms with Gasteiger partial charge in [-0.1, -0.05) is 146 Å². The molecule has 0 unspecified atom stereocenters. The van der Waals surface area contributed by atoms with E-state index in [-0.39, 0.29) is 0 Å². The Morgan fingerprint density at radius 1 is 0.333 bits per heavy atom. The van der Waals surface area contributed by atoms with Crippen molar-refractivity contribution < 1.29 is 4.74 Å². The summed E-state index contributed by atoms with van der Waals surface area (Å²) < 4.78 is 6.60. The summed E-state index contributed by atoms with van der Waals surface area (Å²) in [6.07, 6.45) is 0. The third-order valence-electron chi connectivity index (χ3n) is 9.89. The lowest BCUT2D eigenvalue weighted by Gasteiger charge is -2.23. The third-order valence-corrected chi connectivity index (χ3v) is 9.89. The normalized spacial score (nSPS) is 11.7. The van der Waals surface area contributed by atoms with E-state index >= 15 is 0 Å². The highest BCUT2D eigenvalue weighted by molar-refractivity contribution is 6.10. The molecule has 0 bridgehead atoms. The monoisotopic (exact) mass is 650 g/mol. The molecule has 0 saturated heterocycles. The van der Waals surface area contributed by atoms with Gasteiger partial charge in [0.15, 0.2) is 5.82 Å². The van der Waals surface area contributed by atoms with Crippen LogP contribution in [0.15, 0.2) is 182 Å². The van der Waals surface area contributed by atoms with Gasteiger partial charge in [0.2, 0.25) is 0 Å². The molecule has 51 heavy (non-hydrogen) atoms. The summed E-state index contributed by atoms with van der Waals surface area (Å²) in [6.45, 7) is 0. The van der Waals surface area contributed by atoms with Crippen LogP contribution in [0, 0.1) is 0 Å². The SMILES string of the molecule is c1ccc(-c2ccc(-c3cc(-c4ccc5c(c4)-c4cccc6c(-c7ccc8ccccc8c7)ccc(c46)O5)nc(-c4ccccc4)n3)cc2)cc1. The Morgan fingerprint density at radius 3 is 1.76 bits per heavy atom. The van der Waals surface area contributed by atoms with Crippen LogP contribution in [0.2, 0.25) is 0 Å². The van der Waals surface area contributed by atoms with E-state index in [9.17, 15) is 0 Å². The molecule has 0 amide bonds. The number of nitrogens with zero attached hydrogens (tertiary/aromatic N) is 2. The van der Waals surface area contributed by atoms with Crippen LogP contribution >= 0.6 is 0 Å². The van der Waals surface area contributed by atoms with Crippen LogP contribution in [0.4, 0.5) is 0 Å². The van der Waals surface area contributed by atoms with Crippen LogP contribution in [-0.2, 0) is 0 Å². The van der Waals surface area contributed by atoms with Crippen LogP contribution in [0.1, 0.15) is 0 Å². The van der Waals surface area contributed by atoms with Gasteiger partial charge in [0, 0.05) is 27.6 Å². The highest BCUT2D eigenvalue weighted by Crippen LogP contribution is 2.49. The zero-order chi connectivity index (χ0) is 33.7. The van der Waals surface area contributed by atoms with E-state index in [1.807, 2.05) is 24.3 Å². The van der Waals surface area contributed by atoms with Gasteiger partial charge in [-0.15, -0.1) is 0 Å². The molecule has 3 nitrogen and oxygen atoms in total. The van der Waals surface area contributed by atoms with Crippen molar-refractivity contribution in [3.05, 3.63) is 182 Å². The lowest BCUT2D eigenvalue weighted by atomic mass is 9.89. The van der Waals surface area contributed by atoms with Crippen molar-refractivity contribution in [2.75, 3.05) is 0 Å². The molecular weight excluding hydrogens is 621 g/mol. The molecule has 3 heteroatoms. The van der Waals surface area contributed by atoms with E-state index in [4.69, 9.17) is 14.7 Å². The highest BCUT2D eigenvalue weighted by Gasteiger charge is 2.23. The van der Waals surface area contributed by atoms with Gasteiger partial charge in [-0.05, 0) is 80.4 Å². The standard InChI is InChI=1S/C48H30N2O/c1-3-10-31(11-4-1)33-18-21-34(22-19-33)43-30-44(50-48(49-43)35-13-5-2-6-14-35)38-24-26-45-42(29-38)41-17-9-16-40-39(25-27-46(51-45)47(40)41)37-23-20-32-12-7-8-15-36(32)28-37/h1-30H. The van der Waals surface area contributed by atoms with Crippen molar-refractivity contribution >= 4 is 21.5 Å². The Morgan fingerprint density at radius 2 is 0.961 bits per heavy atom. The minimum atomic E-state index is 0.691. The number of hydrogen-bond donors (Lipinski definition) is 0. The first-order chi connectivity index (χ1) is 25.2.